The molecule has 0 aliphatic carbocycles. The normalized spacial score (nSPS) is 10.4. The quantitative estimate of drug-likeness (QED) is 0.872. The van der Waals surface area contributed by atoms with Crippen LogP contribution in [0.25, 0.3) is 11.4 Å². The number of anilines is 1. The second-order valence-electron chi connectivity index (χ2n) is 3.97. The van der Waals surface area contributed by atoms with Crippen molar-refractivity contribution in [1.29, 1.82) is 0 Å². The lowest BCUT2D eigenvalue weighted by Crippen LogP contribution is -2.14. The van der Waals surface area contributed by atoms with Gasteiger partial charge in [0.25, 0.3) is 0 Å². The molecule has 0 unspecified atom stereocenters. The van der Waals surface area contributed by atoms with Crippen LogP contribution >= 0.6 is 23.2 Å². The molecule has 19 heavy (non-hydrogen) atoms. The molecule has 0 aliphatic heterocycles. The molecule has 0 radical (unpaired) electrons. The Labute approximate surface area is 121 Å². The van der Waals surface area contributed by atoms with Gasteiger partial charge in [0.05, 0.1) is 12.7 Å². The topological polar surface area (TPSA) is 51.1 Å². The van der Waals surface area contributed by atoms with Crippen LogP contribution in [0, 0.1) is 0 Å². The Bertz CT molecular complexity index is 604. The van der Waals surface area contributed by atoms with Crippen molar-refractivity contribution in [1.82, 2.24) is 15.0 Å². The third-order valence-corrected chi connectivity index (χ3v) is 2.80. The highest BCUT2D eigenvalue weighted by Crippen LogP contribution is 2.31. The number of halogens is 2. The summed E-state index contributed by atoms with van der Waals surface area (Å²) in [6, 6.07) is 5.22. The zero-order valence-corrected chi connectivity index (χ0v) is 12.2. The Kier molecular flexibility index (Phi) is 4.07. The van der Waals surface area contributed by atoms with E-state index in [1.165, 1.54) is 0 Å². The van der Waals surface area contributed by atoms with Gasteiger partial charge in [-0.25, -0.2) is 0 Å². The second-order valence-corrected chi connectivity index (χ2v) is 4.74. The van der Waals surface area contributed by atoms with E-state index in [1.807, 2.05) is 14.1 Å². The molecule has 0 aliphatic rings. The van der Waals surface area contributed by atoms with Gasteiger partial charge in [-0.1, -0.05) is 11.6 Å². The van der Waals surface area contributed by atoms with Crippen LogP contribution in [-0.4, -0.2) is 36.2 Å². The van der Waals surface area contributed by atoms with Crippen LogP contribution in [-0.2, 0) is 0 Å². The van der Waals surface area contributed by atoms with Gasteiger partial charge in [-0.05, 0) is 29.8 Å². The molecule has 1 aromatic carbocycles. The molecule has 0 atom stereocenters. The van der Waals surface area contributed by atoms with Crippen molar-refractivity contribution in [2.45, 2.75) is 0 Å². The van der Waals surface area contributed by atoms with Crippen LogP contribution in [0.2, 0.25) is 10.3 Å². The minimum atomic E-state index is 0.121. The monoisotopic (exact) mass is 298 g/mol. The van der Waals surface area contributed by atoms with E-state index >= 15 is 0 Å². The molecule has 2 rings (SSSR count). The first-order valence-electron chi connectivity index (χ1n) is 5.44. The summed E-state index contributed by atoms with van der Waals surface area (Å²) in [5, 5.41) is 0.689. The third kappa shape index (κ3) is 3.05. The fourth-order valence-corrected chi connectivity index (χ4v) is 1.84. The zero-order chi connectivity index (χ0) is 14.0. The highest BCUT2D eigenvalue weighted by molar-refractivity contribution is 6.31. The van der Waals surface area contributed by atoms with Crippen LogP contribution < -0.4 is 9.64 Å². The lowest BCUT2D eigenvalue weighted by atomic mass is 10.2. The Morgan fingerprint density at radius 1 is 1.11 bits per heavy atom. The van der Waals surface area contributed by atoms with Crippen LogP contribution in [0.4, 0.5) is 5.95 Å². The van der Waals surface area contributed by atoms with Crippen molar-refractivity contribution < 1.29 is 4.74 Å². The van der Waals surface area contributed by atoms with E-state index in [2.05, 4.69) is 15.0 Å². The molecule has 5 nitrogen and oxygen atoms in total. The van der Waals surface area contributed by atoms with Gasteiger partial charge in [0.1, 0.15) is 5.75 Å². The molecule has 2 aromatic rings. The Morgan fingerprint density at radius 2 is 1.84 bits per heavy atom. The smallest absolute Gasteiger partial charge is 0.229 e. The van der Waals surface area contributed by atoms with Crippen LogP contribution in [0.15, 0.2) is 18.2 Å². The predicted molar refractivity (Wildman–Crippen MR) is 76.2 cm³/mol. The highest BCUT2D eigenvalue weighted by atomic mass is 35.5. The summed E-state index contributed by atoms with van der Waals surface area (Å²) in [7, 11) is 5.22. The maximum Gasteiger partial charge on any atom is 0.229 e. The second kappa shape index (κ2) is 5.59. The molecule has 0 spiro atoms. The van der Waals surface area contributed by atoms with Gasteiger partial charge < -0.3 is 9.64 Å². The molecule has 1 heterocycles. The van der Waals surface area contributed by atoms with Gasteiger partial charge >= 0.3 is 0 Å². The number of hydrogen-bond acceptors (Lipinski definition) is 5. The van der Waals surface area contributed by atoms with E-state index < -0.39 is 0 Å². The number of hydrogen-bond donors (Lipinski definition) is 0. The molecule has 7 heteroatoms. The summed E-state index contributed by atoms with van der Waals surface area (Å²) >= 11 is 11.9. The van der Waals surface area contributed by atoms with Gasteiger partial charge in [-0.3, -0.25) is 0 Å². The Morgan fingerprint density at radius 3 is 2.47 bits per heavy atom. The third-order valence-electron chi connectivity index (χ3n) is 2.40. The number of aromatic nitrogens is 3. The van der Waals surface area contributed by atoms with Gasteiger partial charge in [-0.2, -0.15) is 15.0 Å². The number of ether oxygens (including phenoxy) is 1. The summed E-state index contributed by atoms with van der Waals surface area (Å²) in [6.07, 6.45) is 0. The van der Waals surface area contributed by atoms with Crippen molar-refractivity contribution >= 4 is 29.2 Å². The molecule has 0 saturated heterocycles. The van der Waals surface area contributed by atoms with Crippen molar-refractivity contribution in [3.8, 4) is 17.1 Å². The van der Waals surface area contributed by atoms with Gasteiger partial charge in [0.2, 0.25) is 11.2 Å². The first kappa shape index (κ1) is 13.8. The predicted octanol–water partition coefficient (Wildman–Crippen LogP) is 2.92. The number of benzene rings is 1. The van der Waals surface area contributed by atoms with Crippen molar-refractivity contribution in [2.75, 3.05) is 26.1 Å². The molecular formula is C12H12Cl2N4O. The molecule has 0 amide bonds. The minimum absolute atomic E-state index is 0.121. The summed E-state index contributed by atoms with van der Waals surface area (Å²) in [4.78, 5) is 14.2. The molecule has 0 saturated carbocycles. The summed E-state index contributed by atoms with van der Waals surface area (Å²) in [6.45, 7) is 0. The standard InChI is InChI=1S/C12H12Cl2N4O/c1-18(2)12-16-10(15-11(14)17-12)8-6-7(13)4-5-9(8)19-3/h4-6H,1-3H3. The largest absolute Gasteiger partial charge is 0.496 e. The van der Waals surface area contributed by atoms with Crippen LogP contribution in [0.1, 0.15) is 0 Å². The van der Waals surface area contributed by atoms with Crippen LogP contribution in [0.3, 0.4) is 0 Å². The first-order valence-corrected chi connectivity index (χ1v) is 6.19. The van der Waals surface area contributed by atoms with Crippen LogP contribution in [0.5, 0.6) is 5.75 Å². The molecular weight excluding hydrogens is 287 g/mol. The van der Waals surface area contributed by atoms with Crippen molar-refractivity contribution in [2.24, 2.45) is 0 Å². The fourth-order valence-electron chi connectivity index (χ4n) is 1.52. The van der Waals surface area contributed by atoms with Crippen molar-refractivity contribution in [3.05, 3.63) is 28.5 Å². The van der Waals surface area contributed by atoms with E-state index in [0.29, 0.717) is 28.1 Å². The summed E-state index contributed by atoms with van der Waals surface area (Å²) < 4.78 is 5.28. The minimum Gasteiger partial charge on any atom is -0.496 e. The van der Waals surface area contributed by atoms with Gasteiger partial charge in [0, 0.05) is 19.1 Å². The lowest BCUT2D eigenvalue weighted by molar-refractivity contribution is 0.416. The van der Waals surface area contributed by atoms with E-state index in [0.717, 1.165) is 0 Å². The fraction of sp³-hybridized carbons (Fsp3) is 0.250. The lowest BCUT2D eigenvalue weighted by Gasteiger charge is -2.12. The van der Waals surface area contributed by atoms with Gasteiger partial charge in [-0.15, -0.1) is 0 Å². The maximum atomic E-state index is 6.00. The average molecular weight is 299 g/mol. The highest BCUT2D eigenvalue weighted by Gasteiger charge is 2.13. The van der Waals surface area contributed by atoms with E-state index in [9.17, 15) is 0 Å². The van der Waals surface area contributed by atoms with E-state index in [-0.39, 0.29) is 5.28 Å². The Balaban J connectivity index is 2.61. The Hall–Kier alpha value is -1.59. The summed E-state index contributed by atoms with van der Waals surface area (Å²) in [5.74, 6) is 1.51. The molecule has 100 valence electrons. The molecule has 0 fully saturated rings. The zero-order valence-electron chi connectivity index (χ0n) is 10.7. The number of methoxy groups -OCH3 is 1. The number of rotatable bonds is 3. The SMILES string of the molecule is COc1ccc(Cl)cc1-c1nc(Cl)nc(N(C)C)n1. The molecule has 1 aromatic heterocycles. The molecule has 0 bridgehead atoms. The van der Waals surface area contributed by atoms with Crippen molar-refractivity contribution in [3.63, 3.8) is 0 Å². The van der Waals surface area contributed by atoms with E-state index in [4.69, 9.17) is 27.9 Å². The first-order chi connectivity index (χ1) is 9.01. The maximum absolute atomic E-state index is 6.00. The summed E-state index contributed by atoms with van der Waals surface area (Å²) in [5.41, 5.74) is 0.669. The average Bonchev–Trinajstić information content (AvgIpc) is 2.37. The van der Waals surface area contributed by atoms with E-state index in [1.54, 1.807) is 30.2 Å². The van der Waals surface area contributed by atoms with Gasteiger partial charge in [0.15, 0.2) is 5.82 Å². The number of nitrogens with zero attached hydrogens (tertiary/aromatic N) is 4. The molecule has 0 N–H and O–H groups in total.